The molecule has 0 aliphatic carbocycles. The number of nitrogens with zero attached hydrogens (tertiary/aromatic N) is 2. The van der Waals surface area contributed by atoms with E-state index in [1.165, 1.54) is 10.8 Å². The molecule has 22 heavy (non-hydrogen) atoms. The van der Waals surface area contributed by atoms with E-state index in [9.17, 15) is 14.7 Å². The maximum absolute atomic E-state index is 11.8. The molecular formula is C17H17N2O3-. The van der Waals surface area contributed by atoms with Gasteiger partial charge in [0.05, 0.1) is 12.4 Å². The Kier molecular flexibility index (Phi) is 3.96. The number of amides is 1. The van der Waals surface area contributed by atoms with Gasteiger partial charge in [-0.15, -0.1) is 0 Å². The van der Waals surface area contributed by atoms with E-state index in [0.29, 0.717) is 26.2 Å². The Labute approximate surface area is 128 Å². The fourth-order valence-corrected chi connectivity index (χ4v) is 2.92. The molecule has 0 radical (unpaired) electrons. The zero-order valence-electron chi connectivity index (χ0n) is 12.2. The predicted octanol–water partition coefficient (Wildman–Crippen LogP) is 0.628. The summed E-state index contributed by atoms with van der Waals surface area (Å²) in [5.41, 5.74) is 1.16. The molecule has 1 fully saturated rings. The van der Waals surface area contributed by atoms with Crippen molar-refractivity contribution in [3.8, 4) is 0 Å². The van der Waals surface area contributed by atoms with Crippen molar-refractivity contribution in [3.63, 3.8) is 0 Å². The molecule has 5 heteroatoms. The molecule has 1 saturated heterocycles. The summed E-state index contributed by atoms with van der Waals surface area (Å²) in [5, 5.41) is 12.9. The minimum Gasteiger partial charge on any atom is -0.550 e. The Bertz CT molecular complexity index is 701. The van der Waals surface area contributed by atoms with Crippen LogP contribution in [0.2, 0.25) is 0 Å². The number of carboxylic acids is 1. The summed E-state index contributed by atoms with van der Waals surface area (Å²) in [7, 11) is 0. The SMILES string of the molecule is O=C([O-])CC(=O)N1CCN(c2cccc3ccccc23)CC1. The van der Waals surface area contributed by atoms with Gasteiger partial charge < -0.3 is 19.7 Å². The van der Waals surface area contributed by atoms with Crippen molar-refractivity contribution < 1.29 is 14.7 Å². The highest BCUT2D eigenvalue weighted by atomic mass is 16.4. The molecular weight excluding hydrogens is 280 g/mol. The quantitative estimate of drug-likeness (QED) is 0.780. The third kappa shape index (κ3) is 2.88. The molecule has 3 rings (SSSR count). The van der Waals surface area contributed by atoms with E-state index in [1.54, 1.807) is 4.90 Å². The number of hydrogen-bond acceptors (Lipinski definition) is 4. The Morgan fingerprint density at radius 3 is 2.36 bits per heavy atom. The van der Waals surface area contributed by atoms with Gasteiger partial charge in [0.1, 0.15) is 0 Å². The fraction of sp³-hybridized carbons (Fsp3) is 0.294. The molecule has 0 bridgehead atoms. The van der Waals surface area contributed by atoms with Crippen molar-refractivity contribution >= 4 is 28.3 Å². The Morgan fingerprint density at radius 1 is 0.955 bits per heavy atom. The summed E-state index contributed by atoms with van der Waals surface area (Å²) in [6.45, 7) is 2.48. The largest absolute Gasteiger partial charge is 0.550 e. The molecule has 1 aliphatic heterocycles. The number of fused-ring (bicyclic) bond motifs is 1. The van der Waals surface area contributed by atoms with Crippen LogP contribution in [0.3, 0.4) is 0 Å². The summed E-state index contributed by atoms with van der Waals surface area (Å²) in [6, 6.07) is 14.4. The molecule has 1 amide bonds. The van der Waals surface area contributed by atoms with E-state index >= 15 is 0 Å². The van der Waals surface area contributed by atoms with Crippen LogP contribution in [0.15, 0.2) is 42.5 Å². The highest BCUT2D eigenvalue weighted by Crippen LogP contribution is 2.27. The van der Waals surface area contributed by atoms with E-state index in [2.05, 4.69) is 29.2 Å². The van der Waals surface area contributed by atoms with Crippen LogP contribution in [0.1, 0.15) is 6.42 Å². The van der Waals surface area contributed by atoms with Gasteiger partial charge in [-0.1, -0.05) is 36.4 Å². The summed E-state index contributed by atoms with van der Waals surface area (Å²) in [5.74, 6) is -1.68. The molecule has 5 nitrogen and oxygen atoms in total. The molecule has 2 aromatic carbocycles. The number of hydrogen-bond donors (Lipinski definition) is 0. The van der Waals surface area contributed by atoms with Crippen LogP contribution in [-0.4, -0.2) is 43.0 Å². The summed E-state index contributed by atoms with van der Waals surface area (Å²) >= 11 is 0. The molecule has 0 N–H and O–H groups in total. The average Bonchev–Trinajstić information content (AvgIpc) is 2.54. The molecule has 0 atom stereocenters. The van der Waals surface area contributed by atoms with Gasteiger partial charge in [-0.3, -0.25) is 4.79 Å². The first-order valence-corrected chi connectivity index (χ1v) is 7.35. The van der Waals surface area contributed by atoms with Gasteiger partial charge in [0.25, 0.3) is 0 Å². The standard InChI is InChI=1S/C17H18N2O3/c20-16(12-17(21)22)19-10-8-18(9-11-19)15-7-3-5-13-4-1-2-6-14(13)15/h1-7H,8-12H2,(H,21,22)/p-1. The van der Waals surface area contributed by atoms with Crippen LogP contribution in [0, 0.1) is 0 Å². The van der Waals surface area contributed by atoms with Gasteiger partial charge >= 0.3 is 0 Å². The van der Waals surface area contributed by atoms with E-state index in [0.717, 1.165) is 5.69 Å². The molecule has 0 spiro atoms. The predicted molar refractivity (Wildman–Crippen MR) is 82.4 cm³/mol. The van der Waals surface area contributed by atoms with Gasteiger partial charge in [-0.05, 0) is 11.5 Å². The van der Waals surface area contributed by atoms with E-state index in [1.807, 2.05) is 18.2 Å². The second-order valence-corrected chi connectivity index (χ2v) is 5.41. The monoisotopic (exact) mass is 297 g/mol. The van der Waals surface area contributed by atoms with Crippen molar-refractivity contribution in [2.24, 2.45) is 0 Å². The smallest absolute Gasteiger partial charge is 0.228 e. The Morgan fingerprint density at radius 2 is 1.64 bits per heavy atom. The average molecular weight is 297 g/mol. The number of aliphatic carboxylic acids is 1. The molecule has 2 aromatic rings. The van der Waals surface area contributed by atoms with Gasteiger partial charge in [0.2, 0.25) is 5.91 Å². The minimum absolute atomic E-state index is 0.363. The number of carboxylic acid groups (broad SMARTS) is 1. The normalized spacial score (nSPS) is 15.1. The Balaban J connectivity index is 1.73. The van der Waals surface area contributed by atoms with Gasteiger partial charge in [-0.25, -0.2) is 0 Å². The number of anilines is 1. The second-order valence-electron chi connectivity index (χ2n) is 5.41. The van der Waals surface area contributed by atoms with Gasteiger partial charge in [0, 0.05) is 37.3 Å². The molecule has 0 saturated carbocycles. The van der Waals surface area contributed by atoms with Crippen LogP contribution in [0.4, 0.5) is 5.69 Å². The lowest BCUT2D eigenvalue weighted by Gasteiger charge is -2.36. The minimum atomic E-state index is -1.32. The number of piperazine rings is 1. The van der Waals surface area contributed by atoms with Crippen molar-refractivity contribution in [3.05, 3.63) is 42.5 Å². The lowest BCUT2D eigenvalue weighted by molar-refractivity contribution is -0.304. The van der Waals surface area contributed by atoms with Gasteiger partial charge in [-0.2, -0.15) is 0 Å². The number of carbonyl (C=O) groups is 2. The molecule has 1 heterocycles. The van der Waals surface area contributed by atoms with Crippen molar-refractivity contribution in [2.75, 3.05) is 31.1 Å². The zero-order chi connectivity index (χ0) is 15.5. The van der Waals surface area contributed by atoms with Crippen LogP contribution >= 0.6 is 0 Å². The highest BCUT2D eigenvalue weighted by Gasteiger charge is 2.21. The number of benzene rings is 2. The van der Waals surface area contributed by atoms with Crippen molar-refractivity contribution in [1.29, 1.82) is 0 Å². The first-order valence-electron chi connectivity index (χ1n) is 7.35. The molecule has 0 unspecified atom stereocenters. The van der Waals surface area contributed by atoms with Crippen molar-refractivity contribution in [1.82, 2.24) is 4.90 Å². The van der Waals surface area contributed by atoms with Crippen LogP contribution in [0.5, 0.6) is 0 Å². The topological polar surface area (TPSA) is 63.7 Å². The summed E-state index contributed by atoms with van der Waals surface area (Å²) < 4.78 is 0. The lowest BCUT2D eigenvalue weighted by atomic mass is 10.1. The molecule has 1 aliphatic rings. The first kappa shape index (κ1) is 14.4. The Hall–Kier alpha value is -2.56. The van der Waals surface area contributed by atoms with Gasteiger partial charge in [0.15, 0.2) is 0 Å². The third-order valence-corrected chi connectivity index (χ3v) is 4.04. The van der Waals surface area contributed by atoms with Crippen LogP contribution in [0.25, 0.3) is 10.8 Å². The van der Waals surface area contributed by atoms with Crippen LogP contribution < -0.4 is 10.0 Å². The van der Waals surface area contributed by atoms with Crippen molar-refractivity contribution in [2.45, 2.75) is 6.42 Å². The summed E-state index contributed by atoms with van der Waals surface area (Å²) in [4.78, 5) is 26.1. The number of carbonyl (C=O) groups excluding carboxylic acids is 2. The first-order chi connectivity index (χ1) is 10.6. The van der Waals surface area contributed by atoms with E-state index in [-0.39, 0.29) is 5.91 Å². The fourth-order valence-electron chi connectivity index (χ4n) is 2.92. The maximum atomic E-state index is 11.8. The van der Waals surface area contributed by atoms with E-state index < -0.39 is 12.4 Å². The van der Waals surface area contributed by atoms with Crippen LogP contribution in [-0.2, 0) is 9.59 Å². The zero-order valence-corrected chi connectivity index (χ0v) is 12.2. The van der Waals surface area contributed by atoms with E-state index in [4.69, 9.17) is 0 Å². The molecule has 0 aromatic heterocycles. The maximum Gasteiger partial charge on any atom is 0.228 e. The summed E-state index contributed by atoms with van der Waals surface area (Å²) in [6.07, 6.45) is -0.533. The highest BCUT2D eigenvalue weighted by molar-refractivity contribution is 5.95. The lowest BCUT2D eigenvalue weighted by Crippen LogP contribution is -2.49. The molecule has 114 valence electrons. The second kappa shape index (κ2) is 6.05. The number of rotatable bonds is 3. The third-order valence-electron chi connectivity index (χ3n) is 4.04.